The van der Waals surface area contributed by atoms with Gasteiger partial charge in [0.15, 0.2) is 11.6 Å². The molecule has 0 radical (unpaired) electrons. The number of halogens is 1. The predicted octanol–water partition coefficient (Wildman–Crippen LogP) is 2.51. The van der Waals surface area contributed by atoms with Crippen LogP contribution >= 0.6 is 0 Å². The molecule has 1 atom stereocenters. The van der Waals surface area contributed by atoms with Crippen molar-refractivity contribution in [2.45, 2.75) is 13.0 Å². The number of hydrogen-bond acceptors (Lipinski definition) is 7. The van der Waals surface area contributed by atoms with Gasteiger partial charge < -0.3 is 23.9 Å². The maximum Gasteiger partial charge on any atom is 0.295 e. The molecule has 2 aliphatic heterocycles. The summed E-state index contributed by atoms with van der Waals surface area (Å²) in [6.45, 7) is 5.05. The normalized spacial score (nSPS) is 19.8. The maximum atomic E-state index is 14.7. The van der Waals surface area contributed by atoms with Gasteiger partial charge in [-0.05, 0) is 25.1 Å². The third-order valence-electron chi connectivity index (χ3n) is 5.55. The van der Waals surface area contributed by atoms with E-state index in [9.17, 15) is 19.3 Å². The first-order valence-corrected chi connectivity index (χ1v) is 9.85. The molecule has 1 aromatic carbocycles. The van der Waals surface area contributed by atoms with Crippen LogP contribution in [0.2, 0.25) is 0 Å². The summed E-state index contributed by atoms with van der Waals surface area (Å²) < 4.78 is 25.2. The monoisotopic (exact) mass is 418 g/mol. The van der Waals surface area contributed by atoms with Gasteiger partial charge in [0.2, 0.25) is 0 Å². The van der Waals surface area contributed by atoms with E-state index in [1.807, 2.05) is 16.7 Å². The molecule has 2 aliphatic rings. The van der Waals surface area contributed by atoms with Crippen molar-refractivity contribution in [1.29, 1.82) is 0 Å². The molecule has 4 rings (SSSR count). The Morgan fingerprint density at radius 1 is 1.17 bits per heavy atom. The average Bonchev–Trinajstić information content (AvgIpc) is 3.28. The second kappa shape index (κ2) is 8.31. The number of nitro benzene ring substituents is 1. The number of rotatable bonds is 4. The molecule has 160 valence electrons. The number of benzene rings is 1. The van der Waals surface area contributed by atoms with E-state index >= 15 is 0 Å². The first-order chi connectivity index (χ1) is 14.5. The van der Waals surface area contributed by atoms with Crippen molar-refractivity contribution in [2.24, 2.45) is 0 Å². The lowest BCUT2D eigenvalue weighted by molar-refractivity contribution is -0.384. The summed E-state index contributed by atoms with van der Waals surface area (Å²) in [5, 5.41) is 11.6. The summed E-state index contributed by atoms with van der Waals surface area (Å²) in [7, 11) is 0. The molecule has 0 bridgehead atoms. The van der Waals surface area contributed by atoms with Gasteiger partial charge in [0.25, 0.3) is 11.6 Å². The number of nitrogens with zero attached hydrogens (tertiary/aromatic N) is 4. The van der Waals surface area contributed by atoms with Crippen LogP contribution < -0.4 is 9.80 Å². The number of morpholine rings is 1. The van der Waals surface area contributed by atoms with Crippen LogP contribution in [0.4, 0.5) is 21.5 Å². The lowest BCUT2D eigenvalue weighted by Crippen LogP contribution is -2.54. The van der Waals surface area contributed by atoms with E-state index in [0.717, 1.165) is 6.07 Å². The molecular formula is C20H23FN4O5. The van der Waals surface area contributed by atoms with Crippen LogP contribution in [-0.2, 0) is 4.74 Å². The zero-order valence-corrected chi connectivity index (χ0v) is 16.6. The van der Waals surface area contributed by atoms with Gasteiger partial charge in [0.1, 0.15) is 5.69 Å². The highest BCUT2D eigenvalue weighted by molar-refractivity contribution is 5.92. The molecule has 10 heteroatoms. The third-order valence-corrected chi connectivity index (χ3v) is 5.55. The fourth-order valence-electron chi connectivity index (χ4n) is 4.01. The fourth-order valence-corrected chi connectivity index (χ4v) is 4.01. The highest BCUT2D eigenvalue weighted by Gasteiger charge is 2.33. The molecule has 30 heavy (non-hydrogen) atoms. The Morgan fingerprint density at radius 2 is 1.93 bits per heavy atom. The molecule has 2 fully saturated rings. The summed E-state index contributed by atoms with van der Waals surface area (Å²) in [6.07, 6.45) is 1.45. The maximum absolute atomic E-state index is 14.7. The molecule has 0 aliphatic carbocycles. The van der Waals surface area contributed by atoms with E-state index < -0.39 is 10.7 Å². The molecule has 0 saturated carbocycles. The van der Waals surface area contributed by atoms with Gasteiger partial charge in [0, 0.05) is 38.8 Å². The number of anilines is 2. The molecule has 2 aromatic rings. The van der Waals surface area contributed by atoms with E-state index in [4.69, 9.17) is 9.15 Å². The highest BCUT2D eigenvalue weighted by Crippen LogP contribution is 2.36. The minimum Gasteiger partial charge on any atom is -0.459 e. The number of hydrogen-bond donors (Lipinski definition) is 0. The van der Waals surface area contributed by atoms with E-state index in [1.165, 1.54) is 6.26 Å². The number of furan rings is 1. The number of carbonyl (C=O) groups excluding carboxylic acids is 1. The summed E-state index contributed by atoms with van der Waals surface area (Å²) in [5.41, 5.74) is 0.419. The Kier molecular flexibility index (Phi) is 5.58. The Labute approximate surface area is 172 Å². The van der Waals surface area contributed by atoms with Crippen LogP contribution in [0.15, 0.2) is 34.9 Å². The van der Waals surface area contributed by atoms with Crippen LogP contribution in [0.5, 0.6) is 0 Å². The highest BCUT2D eigenvalue weighted by atomic mass is 19.1. The van der Waals surface area contributed by atoms with E-state index in [2.05, 4.69) is 0 Å². The van der Waals surface area contributed by atoms with Gasteiger partial charge in [-0.2, -0.15) is 0 Å². The lowest BCUT2D eigenvalue weighted by Gasteiger charge is -2.40. The molecule has 1 unspecified atom stereocenters. The molecular weight excluding hydrogens is 395 g/mol. The van der Waals surface area contributed by atoms with Gasteiger partial charge in [-0.25, -0.2) is 4.39 Å². The van der Waals surface area contributed by atoms with Crippen LogP contribution in [-0.4, -0.2) is 67.7 Å². The Morgan fingerprint density at radius 3 is 2.57 bits per heavy atom. The standard InChI is InChI=1S/C20H23FN4O5/c1-14-13-23(4-5-24(14)20(26)19-3-2-8-30-19)17-12-16(22-6-9-29-10-7-22)15(21)11-18(17)25(27)28/h2-3,8,11-12,14H,4-7,9-10,13H2,1H3. The summed E-state index contributed by atoms with van der Waals surface area (Å²) >= 11 is 0. The lowest BCUT2D eigenvalue weighted by atomic mass is 10.1. The van der Waals surface area contributed by atoms with Crippen LogP contribution in [0, 0.1) is 15.9 Å². The largest absolute Gasteiger partial charge is 0.459 e. The quantitative estimate of drug-likeness (QED) is 0.556. The molecule has 0 spiro atoms. The van der Waals surface area contributed by atoms with Crippen molar-refractivity contribution < 1.29 is 23.3 Å². The van der Waals surface area contributed by atoms with Crippen LogP contribution in [0.25, 0.3) is 0 Å². The smallest absolute Gasteiger partial charge is 0.295 e. The Balaban J connectivity index is 1.60. The van der Waals surface area contributed by atoms with Gasteiger partial charge in [-0.3, -0.25) is 14.9 Å². The first-order valence-electron chi connectivity index (χ1n) is 9.85. The number of amides is 1. The van der Waals surface area contributed by atoms with E-state index in [0.29, 0.717) is 57.3 Å². The molecule has 1 amide bonds. The minimum absolute atomic E-state index is 0.201. The van der Waals surface area contributed by atoms with Crippen LogP contribution in [0.1, 0.15) is 17.5 Å². The van der Waals surface area contributed by atoms with Crippen molar-refractivity contribution >= 4 is 23.0 Å². The van der Waals surface area contributed by atoms with E-state index in [1.54, 1.807) is 23.1 Å². The second-order valence-corrected chi connectivity index (χ2v) is 7.42. The first kappa shape index (κ1) is 20.1. The zero-order chi connectivity index (χ0) is 21.3. The number of ether oxygens (including phenoxy) is 1. The Bertz CT molecular complexity index is 930. The minimum atomic E-state index is -0.618. The van der Waals surface area contributed by atoms with Gasteiger partial charge in [0.05, 0.1) is 36.2 Å². The van der Waals surface area contributed by atoms with E-state index in [-0.39, 0.29) is 23.4 Å². The summed E-state index contributed by atoms with van der Waals surface area (Å²) in [5.74, 6) is -0.570. The molecule has 0 N–H and O–H groups in total. The van der Waals surface area contributed by atoms with Gasteiger partial charge in [-0.1, -0.05) is 0 Å². The second-order valence-electron chi connectivity index (χ2n) is 7.42. The molecule has 1 aromatic heterocycles. The topological polar surface area (TPSA) is 92.3 Å². The fraction of sp³-hybridized carbons (Fsp3) is 0.450. The third kappa shape index (κ3) is 3.82. The summed E-state index contributed by atoms with van der Waals surface area (Å²) in [6, 6.07) is 5.61. The van der Waals surface area contributed by atoms with Crippen molar-refractivity contribution in [2.75, 3.05) is 55.7 Å². The van der Waals surface area contributed by atoms with Crippen molar-refractivity contribution in [3.63, 3.8) is 0 Å². The SMILES string of the molecule is CC1CN(c2cc(N3CCOCC3)c(F)cc2[N+](=O)[O-])CCN1C(=O)c1ccco1. The van der Waals surface area contributed by atoms with Crippen molar-refractivity contribution in [3.8, 4) is 0 Å². The number of carbonyl (C=O) groups is 1. The zero-order valence-electron chi connectivity index (χ0n) is 16.6. The molecule has 3 heterocycles. The average molecular weight is 418 g/mol. The van der Waals surface area contributed by atoms with Crippen molar-refractivity contribution in [3.05, 3.63) is 52.2 Å². The summed E-state index contributed by atoms with van der Waals surface area (Å²) in [4.78, 5) is 29.1. The van der Waals surface area contributed by atoms with Crippen LogP contribution in [0.3, 0.4) is 0 Å². The van der Waals surface area contributed by atoms with Gasteiger partial charge >= 0.3 is 0 Å². The Hall–Kier alpha value is -3.14. The number of nitro groups is 1. The predicted molar refractivity (Wildman–Crippen MR) is 108 cm³/mol. The molecule has 2 saturated heterocycles. The molecule has 9 nitrogen and oxygen atoms in total. The van der Waals surface area contributed by atoms with Gasteiger partial charge in [-0.15, -0.1) is 0 Å². The van der Waals surface area contributed by atoms with Crippen molar-refractivity contribution in [1.82, 2.24) is 4.90 Å². The number of piperazine rings is 1.